The fourth-order valence-corrected chi connectivity index (χ4v) is 1.63. The topological polar surface area (TPSA) is 64.3 Å². The van der Waals surface area contributed by atoms with Crippen LogP contribution in [0, 0.1) is 12.7 Å². The van der Waals surface area contributed by atoms with E-state index in [0.29, 0.717) is 11.4 Å². The molecule has 0 saturated heterocycles. The lowest BCUT2D eigenvalue weighted by molar-refractivity contribution is 0.192. The van der Waals surface area contributed by atoms with Crippen molar-refractivity contribution in [3.8, 4) is 17.0 Å². The van der Waals surface area contributed by atoms with Gasteiger partial charge in [0.05, 0.1) is 12.8 Å². The van der Waals surface area contributed by atoms with Crippen LogP contribution in [0.4, 0.5) is 9.18 Å². The van der Waals surface area contributed by atoms with Crippen LogP contribution in [-0.4, -0.2) is 28.1 Å². The smallest absolute Gasteiger partial charge is 0.432 e. The highest BCUT2D eigenvalue weighted by molar-refractivity contribution is 5.70. The summed E-state index contributed by atoms with van der Waals surface area (Å²) in [7, 11) is 1.44. The summed E-state index contributed by atoms with van der Waals surface area (Å²) in [4.78, 5) is 10.8. The second kappa shape index (κ2) is 4.48. The first-order chi connectivity index (χ1) is 8.52. The van der Waals surface area contributed by atoms with Crippen LogP contribution >= 0.6 is 0 Å². The van der Waals surface area contributed by atoms with Gasteiger partial charge < -0.3 is 9.84 Å². The van der Waals surface area contributed by atoms with E-state index in [1.807, 2.05) is 0 Å². The van der Waals surface area contributed by atoms with Crippen LogP contribution in [0.2, 0.25) is 0 Å². The lowest BCUT2D eigenvalue weighted by Crippen LogP contribution is -2.11. The van der Waals surface area contributed by atoms with Gasteiger partial charge in [-0.05, 0) is 25.1 Å². The maximum atomic E-state index is 13.8. The Balaban J connectivity index is 2.49. The number of rotatable bonds is 2. The number of aryl methyl sites for hydroxylation is 1. The van der Waals surface area contributed by atoms with Gasteiger partial charge in [0.15, 0.2) is 0 Å². The zero-order valence-corrected chi connectivity index (χ0v) is 9.85. The summed E-state index contributed by atoms with van der Waals surface area (Å²) in [6, 6.07) is 5.83. The molecule has 0 spiro atoms. The van der Waals surface area contributed by atoms with Gasteiger partial charge in [-0.1, -0.05) is 0 Å². The molecule has 0 atom stereocenters. The molecular weight excluding hydrogens is 239 g/mol. The number of carboxylic acid groups (broad SMARTS) is 1. The van der Waals surface area contributed by atoms with Crippen LogP contribution in [-0.2, 0) is 0 Å². The summed E-state index contributed by atoms with van der Waals surface area (Å²) in [5, 5.41) is 12.7. The second-order valence-electron chi connectivity index (χ2n) is 3.71. The molecule has 94 valence electrons. The number of methoxy groups -OCH3 is 1. The van der Waals surface area contributed by atoms with Gasteiger partial charge in [-0.3, -0.25) is 0 Å². The molecule has 1 aromatic heterocycles. The fourth-order valence-electron chi connectivity index (χ4n) is 1.63. The van der Waals surface area contributed by atoms with Gasteiger partial charge >= 0.3 is 6.09 Å². The Morgan fingerprint density at radius 2 is 2.17 bits per heavy atom. The lowest BCUT2D eigenvalue weighted by atomic mass is 10.1. The molecule has 0 aliphatic heterocycles. The number of hydrogen-bond donors (Lipinski definition) is 1. The highest BCUT2D eigenvalue weighted by atomic mass is 19.1. The first-order valence-corrected chi connectivity index (χ1v) is 5.17. The summed E-state index contributed by atoms with van der Waals surface area (Å²) < 4.78 is 19.5. The van der Waals surface area contributed by atoms with E-state index in [9.17, 15) is 9.18 Å². The Morgan fingerprint density at radius 3 is 2.67 bits per heavy atom. The van der Waals surface area contributed by atoms with Gasteiger partial charge in [-0.25, -0.2) is 9.18 Å². The standard InChI is InChI=1S/C12H11FN2O3/c1-7-5-11(14-15(7)12(16)17)9-4-3-8(18-2)6-10(9)13/h3-6H,1-2H3,(H,16,17). The number of ether oxygens (including phenoxy) is 1. The third-order valence-electron chi connectivity index (χ3n) is 2.52. The largest absolute Gasteiger partial charge is 0.497 e. The van der Waals surface area contributed by atoms with Gasteiger partial charge in [0.2, 0.25) is 0 Å². The van der Waals surface area contributed by atoms with Crippen molar-refractivity contribution in [2.45, 2.75) is 6.92 Å². The van der Waals surface area contributed by atoms with E-state index >= 15 is 0 Å². The third-order valence-corrected chi connectivity index (χ3v) is 2.52. The average Bonchev–Trinajstić information content (AvgIpc) is 2.71. The molecule has 1 heterocycles. The number of benzene rings is 1. The van der Waals surface area contributed by atoms with Crippen molar-refractivity contribution in [1.82, 2.24) is 9.78 Å². The van der Waals surface area contributed by atoms with Gasteiger partial charge in [0.1, 0.15) is 11.6 Å². The third kappa shape index (κ3) is 2.04. The first-order valence-electron chi connectivity index (χ1n) is 5.17. The molecule has 18 heavy (non-hydrogen) atoms. The molecular formula is C12H11FN2O3. The van der Waals surface area contributed by atoms with Crippen molar-refractivity contribution in [2.24, 2.45) is 0 Å². The minimum Gasteiger partial charge on any atom is -0.497 e. The van der Waals surface area contributed by atoms with Crippen LogP contribution < -0.4 is 4.74 Å². The first kappa shape index (κ1) is 12.1. The lowest BCUT2D eigenvalue weighted by Gasteiger charge is -2.02. The van der Waals surface area contributed by atoms with Crippen molar-refractivity contribution >= 4 is 6.09 Å². The van der Waals surface area contributed by atoms with E-state index in [1.165, 1.54) is 25.3 Å². The maximum absolute atomic E-state index is 13.8. The number of carbonyl (C=O) groups is 1. The molecule has 0 bridgehead atoms. The summed E-state index contributed by atoms with van der Waals surface area (Å²) in [5.41, 5.74) is 0.932. The Hall–Kier alpha value is -2.37. The monoisotopic (exact) mass is 250 g/mol. The van der Waals surface area contributed by atoms with Crippen LogP contribution in [0.3, 0.4) is 0 Å². The van der Waals surface area contributed by atoms with E-state index in [1.54, 1.807) is 13.0 Å². The molecule has 0 fully saturated rings. The molecule has 0 unspecified atom stereocenters. The molecule has 0 radical (unpaired) electrons. The van der Waals surface area contributed by atoms with Crippen LogP contribution in [0.5, 0.6) is 5.75 Å². The van der Waals surface area contributed by atoms with Gasteiger partial charge in [-0.15, -0.1) is 0 Å². The summed E-state index contributed by atoms with van der Waals surface area (Å²) >= 11 is 0. The van der Waals surface area contributed by atoms with Crippen LogP contribution in [0.25, 0.3) is 11.3 Å². The molecule has 1 N–H and O–H groups in total. The second-order valence-corrected chi connectivity index (χ2v) is 3.71. The Labute approximate surface area is 102 Å². The van der Waals surface area contributed by atoms with E-state index < -0.39 is 11.9 Å². The Morgan fingerprint density at radius 1 is 1.44 bits per heavy atom. The highest BCUT2D eigenvalue weighted by Crippen LogP contribution is 2.25. The molecule has 6 heteroatoms. The Bertz CT molecular complexity index is 607. The average molecular weight is 250 g/mol. The van der Waals surface area contributed by atoms with E-state index in [0.717, 1.165) is 4.68 Å². The molecule has 2 rings (SSSR count). The van der Waals surface area contributed by atoms with Gasteiger partial charge in [0, 0.05) is 17.3 Å². The quantitative estimate of drug-likeness (QED) is 0.889. The molecule has 0 saturated carbocycles. The van der Waals surface area contributed by atoms with Gasteiger partial charge in [0.25, 0.3) is 0 Å². The molecule has 0 aliphatic rings. The zero-order valence-electron chi connectivity index (χ0n) is 9.85. The fraction of sp³-hybridized carbons (Fsp3) is 0.167. The van der Waals surface area contributed by atoms with Crippen molar-refractivity contribution in [3.05, 3.63) is 35.8 Å². The van der Waals surface area contributed by atoms with E-state index in [-0.39, 0.29) is 11.3 Å². The summed E-state index contributed by atoms with van der Waals surface area (Å²) in [5.74, 6) is -0.116. The highest BCUT2D eigenvalue weighted by Gasteiger charge is 2.14. The van der Waals surface area contributed by atoms with Crippen molar-refractivity contribution in [2.75, 3.05) is 7.11 Å². The molecule has 1 aromatic carbocycles. The van der Waals surface area contributed by atoms with Crippen molar-refractivity contribution in [3.63, 3.8) is 0 Å². The summed E-state index contributed by atoms with van der Waals surface area (Å²) in [6.45, 7) is 1.59. The number of halogens is 1. The number of aromatic nitrogens is 2. The number of hydrogen-bond acceptors (Lipinski definition) is 3. The van der Waals surface area contributed by atoms with Gasteiger partial charge in [-0.2, -0.15) is 9.78 Å². The normalized spacial score (nSPS) is 10.4. The predicted molar refractivity (Wildman–Crippen MR) is 62.3 cm³/mol. The molecule has 0 amide bonds. The molecule has 5 nitrogen and oxygen atoms in total. The predicted octanol–water partition coefficient (Wildman–Crippen LogP) is 2.53. The van der Waals surface area contributed by atoms with Crippen LogP contribution in [0.1, 0.15) is 5.69 Å². The maximum Gasteiger partial charge on any atom is 0.432 e. The summed E-state index contributed by atoms with van der Waals surface area (Å²) in [6.07, 6.45) is -1.20. The number of nitrogens with zero attached hydrogens (tertiary/aromatic N) is 2. The van der Waals surface area contributed by atoms with Crippen molar-refractivity contribution in [1.29, 1.82) is 0 Å². The SMILES string of the molecule is COc1ccc(-c2cc(C)n(C(=O)O)n2)c(F)c1. The zero-order chi connectivity index (χ0) is 13.3. The van der Waals surface area contributed by atoms with E-state index in [2.05, 4.69) is 5.10 Å². The van der Waals surface area contributed by atoms with Crippen LogP contribution in [0.15, 0.2) is 24.3 Å². The minimum absolute atomic E-state index is 0.235. The van der Waals surface area contributed by atoms with E-state index in [4.69, 9.17) is 9.84 Å². The Kier molecular flexibility index (Phi) is 3.01. The minimum atomic E-state index is -1.20. The van der Waals surface area contributed by atoms with Crippen molar-refractivity contribution < 1.29 is 19.0 Å². The molecule has 0 aliphatic carbocycles. The molecule has 2 aromatic rings.